The second-order valence-electron chi connectivity index (χ2n) is 5.19. The van der Waals surface area contributed by atoms with E-state index in [9.17, 15) is 0 Å². The van der Waals surface area contributed by atoms with E-state index in [0.29, 0.717) is 11.3 Å². The predicted molar refractivity (Wildman–Crippen MR) is 66.7 cm³/mol. The highest BCUT2D eigenvalue weighted by Gasteiger charge is 2.45. The third-order valence-corrected chi connectivity index (χ3v) is 3.95. The molecule has 0 bridgehead atoms. The van der Waals surface area contributed by atoms with Gasteiger partial charge in [0.05, 0.1) is 6.33 Å². The summed E-state index contributed by atoms with van der Waals surface area (Å²) in [4.78, 5) is 15.6. The Morgan fingerprint density at radius 2 is 2.18 bits per heavy atom. The summed E-state index contributed by atoms with van der Waals surface area (Å²) in [7, 11) is 0. The number of imidazole rings is 1. The molecule has 0 unspecified atom stereocenters. The highest BCUT2D eigenvalue weighted by atomic mass is 15.1. The van der Waals surface area contributed by atoms with Crippen molar-refractivity contribution in [3.63, 3.8) is 0 Å². The Hall–Kier alpha value is -1.65. The second kappa shape index (κ2) is 3.68. The molecule has 0 atom stereocenters. The van der Waals surface area contributed by atoms with E-state index in [2.05, 4.69) is 39.1 Å². The summed E-state index contributed by atoms with van der Waals surface area (Å²) >= 11 is 0. The van der Waals surface area contributed by atoms with E-state index < -0.39 is 0 Å². The van der Waals surface area contributed by atoms with Gasteiger partial charge < -0.3 is 10.3 Å². The van der Waals surface area contributed by atoms with Gasteiger partial charge in [-0.1, -0.05) is 13.8 Å². The number of H-pyrrole nitrogens is 1. The maximum Gasteiger partial charge on any atom is 0.182 e. The maximum atomic E-state index is 4.28. The van der Waals surface area contributed by atoms with Gasteiger partial charge in [0.25, 0.3) is 0 Å². The van der Waals surface area contributed by atoms with E-state index in [1.54, 1.807) is 12.7 Å². The summed E-state index contributed by atoms with van der Waals surface area (Å²) < 4.78 is 0. The molecule has 17 heavy (non-hydrogen) atoms. The summed E-state index contributed by atoms with van der Waals surface area (Å²) in [5.41, 5.74) is 2.08. The molecule has 1 saturated carbocycles. The Labute approximate surface area is 100 Å². The Balaban J connectivity index is 1.79. The van der Waals surface area contributed by atoms with Crippen LogP contribution in [0.15, 0.2) is 12.7 Å². The van der Waals surface area contributed by atoms with Crippen LogP contribution in [0.5, 0.6) is 0 Å². The van der Waals surface area contributed by atoms with Gasteiger partial charge in [-0.3, -0.25) is 0 Å². The number of fused-ring (bicyclic) bond motifs is 1. The Bertz CT molecular complexity index is 526. The highest BCUT2D eigenvalue weighted by Crippen LogP contribution is 2.51. The van der Waals surface area contributed by atoms with Gasteiger partial charge in [0.2, 0.25) is 0 Å². The van der Waals surface area contributed by atoms with E-state index >= 15 is 0 Å². The van der Waals surface area contributed by atoms with Crippen LogP contribution < -0.4 is 5.32 Å². The first kappa shape index (κ1) is 10.5. The quantitative estimate of drug-likeness (QED) is 0.846. The number of nitrogens with zero attached hydrogens (tertiary/aromatic N) is 3. The van der Waals surface area contributed by atoms with Crippen LogP contribution in [0.3, 0.4) is 0 Å². The molecule has 90 valence electrons. The van der Waals surface area contributed by atoms with Crippen LogP contribution in [0.2, 0.25) is 0 Å². The van der Waals surface area contributed by atoms with Gasteiger partial charge in [-0.05, 0) is 24.2 Å². The van der Waals surface area contributed by atoms with Gasteiger partial charge in [-0.25, -0.2) is 15.0 Å². The van der Waals surface area contributed by atoms with E-state index in [1.807, 2.05) is 0 Å². The van der Waals surface area contributed by atoms with Gasteiger partial charge in [-0.2, -0.15) is 0 Å². The third-order valence-electron chi connectivity index (χ3n) is 3.95. The average molecular weight is 231 g/mol. The molecule has 2 aromatic rings. The molecule has 3 rings (SSSR count). The van der Waals surface area contributed by atoms with Crippen LogP contribution in [0.25, 0.3) is 11.2 Å². The van der Waals surface area contributed by atoms with Crippen LogP contribution >= 0.6 is 0 Å². The van der Waals surface area contributed by atoms with Gasteiger partial charge in [0, 0.05) is 6.54 Å². The lowest BCUT2D eigenvalue weighted by molar-refractivity contribution is 0.380. The lowest BCUT2D eigenvalue weighted by Gasteiger charge is -2.20. The molecule has 5 heteroatoms. The molecule has 0 amide bonds. The molecule has 1 aliphatic carbocycles. The number of aromatic nitrogens is 4. The number of rotatable bonds is 4. The number of aromatic amines is 1. The topological polar surface area (TPSA) is 66.5 Å². The molecule has 0 radical (unpaired) electrons. The lowest BCUT2D eigenvalue weighted by atomic mass is 9.92. The summed E-state index contributed by atoms with van der Waals surface area (Å²) in [5, 5.41) is 3.44. The molecule has 1 aliphatic rings. The summed E-state index contributed by atoms with van der Waals surface area (Å²) in [6, 6.07) is 0. The van der Waals surface area contributed by atoms with Crippen molar-refractivity contribution < 1.29 is 0 Å². The molecular formula is C12H17N5. The fraction of sp³-hybridized carbons (Fsp3) is 0.583. The van der Waals surface area contributed by atoms with Crippen molar-refractivity contribution in [2.45, 2.75) is 26.7 Å². The normalized spacial score (nSPS) is 17.6. The van der Waals surface area contributed by atoms with Gasteiger partial charge >= 0.3 is 0 Å². The maximum absolute atomic E-state index is 4.28. The predicted octanol–water partition coefficient (Wildman–Crippen LogP) is 2.20. The SMILES string of the molecule is CC(C)C1(CNc2ncnc3nc[nH]c23)CC1. The first-order chi connectivity index (χ1) is 8.21. The zero-order chi connectivity index (χ0) is 11.9. The van der Waals surface area contributed by atoms with Crippen molar-refractivity contribution in [1.82, 2.24) is 19.9 Å². The van der Waals surface area contributed by atoms with E-state index in [4.69, 9.17) is 0 Å². The summed E-state index contributed by atoms with van der Waals surface area (Å²) in [6.45, 7) is 5.57. The smallest absolute Gasteiger partial charge is 0.182 e. The number of nitrogens with one attached hydrogen (secondary N) is 2. The molecule has 0 spiro atoms. The number of hydrogen-bond donors (Lipinski definition) is 2. The van der Waals surface area contributed by atoms with Crippen LogP contribution in [0.4, 0.5) is 5.82 Å². The number of hydrogen-bond acceptors (Lipinski definition) is 4. The Kier molecular flexibility index (Phi) is 2.28. The lowest BCUT2D eigenvalue weighted by Crippen LogP contribution is -2.21. The minimum Gasteiger partial charge on any atom is -0.368 e. The first-order valence-corrected chi connectivity index (χ1v) is 6.09. The van der Waals surface area contributed by atoms with Crippen LogP contribution in [0.1, 0.15) is 26.7 Å². The van der Waals surface area contributed by atoms with E-state index in [-0.39, 0.29) is 0 Å². The van der Waals surface area contributed by atoms with Crippen molar-refractivity contribution in [3.05, 3.63) is 12.7 Å². The Morgan fingerprint density at radius 1 is 1.35 bits per heavy atom. The first-order valence-electron chi connectivity index (χ1n) is 6.09. The largest absolute Gasteiger partial charge is 0.368 e. The van der Waals surface area contributed by atoms with Gasteiger partial charge in [-0.15, -0.1) is 0 Å². The van der Waals surface area contributed by atoms with Gasteiger partial charge in [0.15, 0.2) is 11.5 Å². The van der Waals surface area contributed by atoms with E-state index in [1.165, 1.54) is 12.8 Å². The van der Waals surface area contributed by atoms with Crippen molar-refractivity contribution >= 4 is 17.0 Å². The fourth-order valence-corrected chi connectivity index (χ4v) is 2.28. The zero-order valence-corrected chi connectivity index (χ0v) is 10.2. The average Bonchev–Trinajstić information content (AvgIpc) is 2.96. The summed E-state index contributed by atoms with van der Waals surface area (Å²) in [5.74, 6) is 1.58. The highest BCUT2D eigenvalue weighted by molar-refractivity contribution is 5.81. The molecule has 0 saturated heterocycles. The van der Waals surface area contributed by atoms with Crippen LogP contribution in [0, 0.1) is 11.3 Å². The molecule has 2 heterocycles. The standard InChI is InChI=1S/C12H17N5/c1-8(2)12(3-4-12)5-13-10-9-11(15-6-14-9)17-7-16-10/h6-8H,3-5H2,1-2H3,(H2,13,14,15,16,17). The second-order valence-corrected chi connectivity index (χ2v) is 5.19. The minimum absolute atomic E-state index is 0.470. The van der Waals surface area contributed by atoms with Crippen molar-refractivity contribution in [2.24, 2.45) is 11.3 Å². The van der Waals surface area contributed by atoms with E-state index in [0.717, 1.165) is 23.5 Å². The summed E-state index contributed by atoms with van der Waals surface area (Å²) in [6.07, 6.45) is 5.84. The molecule has 0 aliphatic heterocycles. The molecule has 0 aromatic carbocycles. The molecular weight excluding hydrogens is 214 g/mol. The van der Waals surface area contributed by atoms with Crippen molar-refractivity contribution in [1.29, 1.82) is 0 Å². The van der Waals surface area contributed by atoms with Crippen molar-refractivity contribution in [3.8, 4) is 0 Å². The molecule has 5 nitrogen and oxygen atoms in total. The zero-order valence-electron chi connectivity index (χ0n) is 10.2. The van der Waals surface area contributed by atoms with Crippen LogP contribution in [-0.2, 0) is 0 Å². The molecule has 2 aromatic heterocycles. The molecule has 2 N–H and O–H groups in total. The fourth-order valence-electron chi connectivity index (χ4n) is 2.28. The van der Waals surface area contributed by atoms with Crippen molar-refractivity contribution in [2.75, 3.05) is 11.9 Å². The Morgan fingerprint density at radius 3 is 2.88 bits per heavy atom. The minimum atomic E-state index is 0.470. The third kappa shape index (κ3) is 1.75. The number of anilines is 1. The monoisotopic (exact) mass is 231 g/mol. The molecule has 1 fully saturated rings. The van der Waals surface area contributed by atoms with Crippen LogP contribution in [-0.4, -0.2) is 26.5 Å². The van der Waals surface area contributed by atoms with Gasteiger partial charge in [0.1, 0.15) is 11.8 Å².